The van der Waals surface area contributed by atoms with E-state index in [0.717, 1.165) is 26.1 Å². The Morgan fingerprint density at radius 2 is 2.12 bits per heavy atom. The molecule has 1 atom stereocenters. The van der Waals surface area contributed by atoms with Crippen molar-refractivity contribution in [3.05, 3.63) is 0 Å². The molecular formula is C12H25N3O. The van der Waals surface area contributed by atoms with Crippen molar-refractivity contribution in [3.8, 4) is 0 Å². The van der Waals surface area contributed by atoms with E-state index in [1.807, 2.05) is 11.8 Å². The molecule has 0 radical (unpaired) electrons. The van der Waals surface area contributed by atoms with Gasteiger partial charge in [0.1, 0.15) is 0 Å². The highest BCUT2D eigenvalue weighted by Gasteiger charge is 2.26. The van der Waals surface area contributed by atoms with Crippen LogP contribution in [0.1, 0.15) is 34.1 Å². The summed E-state index contributed by atoms with van der Waals surface area (Å²) in [5.74, 6) is 0. The number of carbonyl (C=O) groups excluding carboxylic acids is 1. The number of hydrogen-bond donors (Lipinski definition) is 2. The first-order chi connectivity index (χ1) is 7.42. The molecule has 0 aromatic heterocycles. The molecule has 94 valence electrons. The summed E-state index contributed by atoms with van der Waals surface area (Å²) in [7, 11) is 0. The molecule has 1 aliphatic rings. The molecule has 0 bridgehead atoms. The van der Waals surface area contributed by atoms with E-state index in [1.165, 1.54) is 0 Å². The monoisotopic (exact) mass is 227 g/mol. The Balaban J connectivity index is 2.27. The first-order valence-corrected chi connectivity index (χ1v) is 6.18. The van der Waals surface area contributed by atoms with E-state index in [0.29, 0.717) is 18.0 Å². The van der Waals surface area contributed by atoms with Gasteiger partial charge in [0.2, 0.25) is 0 Å². The van der Waals surface area contributed by atoms with Crippen molar-refractivity contribution in [2.24, 2.45) is 5.41 Å². The van der Waals surface area contributed by atoms with Crippen LogP contribution in [-0.2, 0) is 0 Å². The lowest BCUT2D eigenvalue weighted by Crippen LogP contribution is -2.42. The van der Waals surface area contributed by atoms with E-state index in [2.05, 4.69) is 31.4 Å². The molecule has 1 heterocycles. The zero-order valence-electron chi connectivity index (χ0n) is 11.0. The molecule has 1 unspecified atom stereocenters. The molecule has 16 heavy (non-hydrogen) atoms. The second kappa shape index (κ2) is 5.53. The van der Waals surface area contributed by atoms with Crippen LogP contribution in [0.25, 0.3) is 0 Å². The number of carbonyl (C=O) groups is 1. The number of hydrogen-bond acceptors (Lipinski definition) is 2. The van der Waals surface area contributed by atoms with Crippen LogP contribution < -0.4 is 10.6 Å². The van der Waals surface area contributed by atoms with E-state index >= 15 is 0 Å². The molecular weight excluding hydrogens is 202 g/mol. The topological polar surface area (TPSA) is 44.4 Å². The Morgan fingerprint density at radius 3 is 2.69 bits per heavy atom. The Labute approximate surface area is 98.8 Å². The lowest BCUT2D eigenvalue weighted by atomic mass is 9.96. The third-order valence-electron chi connectivity index (χ3n) is 2.72. The average molecular weight is 227 g/mol. The molecule has 1 saturated heterocycles. The van der Waals surface area contributed by atoms with Crippen molar-refractivity contribution in [1.29, 1.82) is 0 Å². The van der Waals surface area contributed by atoms with Crippen molar-refractivity contribution in [1.82, 2.24) is 15.5 Å². The Morgan fingerprint density at radius 1 is 1.44 bits per heavy atom. The fourth-order valence-electron chi connectivity index (χ4n) is 1.82. The zero-order chi connectivity index (χ0) is 12.2. The largest absolute Gasteiger partial charge is 0.338 e. The van der Waals surface area contributed by atoms with Crippen molar-refractivity contribution >= 4 is 6.03 Å². The van der Waals surface area contributed by atoms with E-state index in [1.54, 1.807) is 0 Å². The normalized spacial score (nSPS) is 21.2. The fourth-order valence-corrected chi connectivity index (χ4v) is 1.82. The van der Waals surface area contributed by atoms with Crippen LogP contribution in [0.2, 0.25) is 0 Å². The highest BCUT2D eigenvalue weighted by molar-refractivity contribution is 5.74. The van der Waals surface area contributed by atoms with Crippen molar-refractivity contribution in [3.63, 3.8) is 0 Å². The van der Waals surface area contributed by atoms with Crippen molar-refractivity contribution < 1.29 is 4.79 Å². The first-order valence-electron chi connectivity index (χ1n) is 6.18. The molecule has 2 amide bonds. The van der Waals surface area contributed by atoms with E-state index in [-0.39, 0.29) is 6.03 Å². The minimum atomic E-state index is 0.0718. The standard InChI is InChI=1S/C12H25N3O/c1-5-13-11(16)15-7-6-10(8-15)14-9-12(2,3)4/h10,14H,5-9H2,1-4H3,(H,13,16). The van der Waals surface area contributed by atoms with E-state index in [9.17, 15) is 4.79 Å². The summed E-state index contributed by atoms with van der Waals surface area (Å²) >= 11 is 0. The van der Waals surface area contributed by atoms with Crippen molar-refractivity contribution in [2.75, 3.05) is 26.2 Å². The van der Waals surface area contributed by atoms with E-state index in [4.69, 9.17) is 0 Å². The third-order valence-corrected chi connectivity index (χ3v) is 2.72. The van der Waals surface area contributed by atoms with Gasteiger partial charge in [-0.2, -0.15) is 0 Å². The number of nitrogens with one attached hydrogen (secondary N) is 2. The van der Waals surface area contributed by atoms with Gasteiger partial charge in [0.15, 0.2) is 0 Å². The summed E-state index contributed by atoms with van der Waals surface area (Å²) in [6, 6.07) is 0.532. The lowest BCUT2D eigenvalue weighted by molar-refractivity contribution is 0.208. The van der Waals surface area contributed by atoms with Gasteiger partial charge in [0.25, 0.3) is 0 Å². The Kier molecular flexibility index (Phi) is 4.59. The molecule has 4 heteroatoms. The van der Waals surface area contributed by atoms with Crippen LogP contribution in [0, 0.1) is 5.41 Å². The first kappa shape index (κ1) is 13.3. The molecule has 0 aromatic rings. The predicted octanol–water partition coefficient (Wildman–Crippen LogP) is 1.43. The third kappa shape index (κ3) is 4.39. The molecule has 4 nitrogen and oxygen atoms in total. The second-order valence-electron chi connectivity index (χ2n) is 5.71. The number of likely N-dealkylation sites (tertiary alicyclic amines) is 1. The van der Waals surface area contributed by atoms with E-state index < -0.39 is 0 Å². The number of rotatable bonds is 3. The minimum absolute atomic E-state index is 0.0718. The summed E-state index contributed by atoms with van der Waals surface area (Å²) < 4.78 is 0. The minimum Gasteiger partial charge on any atom is -0.338 e. The van der Waals surface area contributed by atoms with Gasteiger partial charge >= 0.3 is 6.03 Å². The maximum Gasteiger partial charge on any atom is 0.317 e. The molecule has 0 aromatic carbocycles. The number of nitrogens with zero attached hydrogens (tertiary/aromatic N) is 1. The fraction of sp³-hybridized carbons (Fsp3) is 0.917. The van der Waals surface area contributed by atoms with Gasteiger partial charge < -0.3 is 15.5 Å². The van der Waals surface area contributed by atoms with Crippen LogP contribution in [0.5, 0.6) is 0 Å². The van der Waals surface area contributed by atoms with Crippen LogP contribution in [-0.4, -0.2) is 43.2 Å². The maximum atomic E-state index is 11.6. The van der Waals surface area contributed by atoms with Crippen LogP contribution >= 0.6 is 0 Å². The Hall–Kier alpha value is -0.770. The highest BCUT2D eigenvalue weighted by atomic mass is 16.2. The van der Waals surface area contributed by atoms with Gasteiger partial charge in [-0.3, -0.25) is 0 Å². The zero-order valence-corrected chi connectivity index (χ0v) is 11.0. The number of amides is 2. The quantitative estimate of drug-likeness (QED) is 0.766. The number of urea groups is 1. The van der Waals surface area contributed by atoms with Gasteiger partial charge in [0.05, 0.1) is 0 Å². The summed E-state index contributed by atoms with van der Waals surface area (Å²) in [6.07, 6.45) is 1.06. The highest BCUT2D eigenvalue weighted by Crippen LogP contribution is 2.14. The predicted molar refractivity (Wildman–Crippen MR) is 66.5 cm³/mol. The van der Waals surface area contributed by atoms with Crippen LogP contribution in [0.3, 0.4) is 0 Å². The molecule has 0 spiro atoms. The second-order valence-corrected chi connectivity index (χ2v) is 5.71. The van der Waals surface area contributed by atoms with Crippen LogP contribution in [0.4, 0.5) is 4.79 Å². The van der Waals surface area contributed by atoms with Crippen LogP contribution in [0.15, 0.2) is 0 Å². The molecule has 0 saturated carbocycles. The Bertz CT molecular complexity index is 235. The summed E-state index contributed by atoms with van der Waals surface area (Å²) in [5.41, 5.74) is 0.305. The lowest BCUT2D eigenvalue weighted by Gasteiger charge is -2.22. The molecule has 1 rings (SSSR count). The van der Waals surface area contributed by atoms with Crippen molar-refractivity contribution in [2.45, 2.75) is 40.2 Å². The maximum absolute atomic E-state index is 11.6. The molecule has 0 aliphatic carbocycles. The molecule has 2 N–H and O–H groups in total. The molecule has 1 fully saturated rings. The smallest absolute Gasteiger partial charge is 0.317 e. The van der Waals surface area contributed by atoms with Gasteiger partial charge in [-0.25, -0.2) is 4.79 Å². The van der Waals surface area contributed by atoms with Gasteiger partial charge in [-0.05, 0) is 18.8 Å². The molecule has 1 aliphatic heterocycles. The summed E-state index contributed by atoms with van der Waals surface area (Å²) in [6.45, 7) is 12.0. The average Bonchev–Trinajstić information content (AvgIpc) is 2.62. The van der Waals surface area contributed by atoms with Gasteiger partial charge in [0, 0.05) is 32.2 Å². The SMILES string of the molecule is CCNC(=O)N1CCC(NCC(C)(C)C)C1. The van der Waals surface area contributed by atoms with Gasteiger partial charge in [-0.1, -0.05) is 20.8 Å². The van der Waals surface area contributed by atoms with Gasteiger partial charge in [-0.15, -0.1) is 0 Å². The summed E-state index contributed by atoms with van der Waals surface area (Å²) in [4.78, 5) is 13.5. The summed E-state index contributed by atoms with van der Waals surface area (Å²) in [5, 5.41) is 6.37.